The molecule has 1 N–H and O–H groups in total. The van der Waals surface area contributed by atoms with Gasteiger partial charge in [0.1, 0.15) is 0 Å². The van der Waals surface area contributed by atoms with Gasteiger partial charge in [0, 0.05) is 21.2 Å². The fourth-order valence-electron chi connectivity index (χ4n) is 3.19. The van der Waals surface area contributed by atoms with Gasteiger partial charge in [0.15, 0.2) is 5.11 Å². The summed E-state index contributed by atoms with van der Waals surface area (Å²) in [6.45, 7) is 2.08. The highest BCUT2D eigenvalue weighted by Crippen LogP contribution is 2.44. The molecule has 3 aromatic rings. The van der Waals surface area contributed by atoms with E-state index in [1.807, 2.05) is 30.5 Å². The van der Waals surface area contributed by atoms with Gasteiger partial charge in [0.2, 0.25) is 0 Å². The quantitative estimate of drug-likeness (QED) is 0.478. The first kappa shape index (κ1) is 17.9. The van der Waals surface area contributed by atoms with E-state index in [0.717, 1.165) is 30.6 Å². The van der Waals surface area contributed by atoms with Gasteiger partial charge in [-0.1, -0.05) is 33.6 Å². The second-order valence-corrected chi connectivity index (χ2v) is 9.06. The number of benzene rings is 1. The number of pyridine rings is 1. The number of anilines is 1. The Balaban J connectivity index is 1.83. The third-order valence-electron chi connectivity index (χ3n) is 4.40. The summed E-state index contributed by atoms with van der Waals surface area (Å²) in [6.07, 6.45) is 1.81. The predicted molar refractivity (Wildman–Crippen MR) is 116 cm³/mol. The molecular weight excluding hydrogens is 450 g/mol. The smallest absolute Gasteiger partial charge is 0.174 e. The second-order valence-electron chi connectivity index (χ2n) is 6.07. The van der Waals surface area contributed by atoms with Crippen LogP contribution in [0.2, 0.25) is 4.34 Å². The van der Waals surface area contributed by atoms with E-state index in [9.17, 15) is 0 Å². The standard InChI is InChI=1S/C19H15BrClN3S2/c1-11-10-12(5-6-13(11)20)24-18(15-7-8-16(21)26-15)17(23-19(24)25)14-4-2-3-9-22-14/h2-10,17-18H,1H3,(H,23,25)/t17-,18-/m0/s1. The molecule has 0 amide bonds. The maximum atomic E-state index is 6.23. The van der Waals surface area contributed by atoms with Crippen molar-refractivity contribution in [2.24, 2.45) is 0 Å². The minimum Gasteiger partial charge on any atom is -0.351 e. The maximum absolute atomic E-state index is 6.23. The van der Waals surface area contributed by atoms with Crippen molar-refractivity contribution in [2.75, 3.05) is 4.90 Å². The van der Waals surface area contributed by atoms with Crippen LogP contribution in [0.3, 0.4) is 0 Å². The minimum absolute atomic E-state index is 0.00419. The Bertz CT molecular complexity index is 960. The molecule has 132 valence electrons. The molecule has 0 saturated carbocycles. The molecule has 0 radical (unpaired) electrons. The third-order valence-corrected chi connectivity index (χ3v) is 6.91. The fourth-order valence-corrected chi connectivity index (χ4v) is 4.97. The topological polar surface area (TPSA) is 28.2 Å². The number of nitrogens with one attached hydrogen (secondary N) is 1. The van der Waals surface area contributed by atoms with E-state index in [-0.39, 0.29) is 12.1 Å². The van der Waals surface area contributed by atoms with Crippen LogP contribution < -0.4 is 10.2 Å². The number of halogens is 2. The molecule has 1 fully saturated rings. The molecule has 7 heteroatoms. The molecule has 1 aliphatic heterocycles. The van der Waals surface area contributed by atoms with E-state index >= 15 is 0 Å². The lowest BCUT2D eigenvalue weighted by atomic mass is 10.0. The van der Waals surface area contributed by atoms with Crippen LogP contribution in [0.15, 0.2) is 59.2 Å². The van der Waals surface area contributed by atoms with Crippen LogP contribution in [-0.4, -0.2) is 10.1 Å². The molecule has 1 aromatic carbocycles. The summed E-state index contributed by atoms with van der Waals surface area (Å²) in [5.74, 6) is 0. The summed E-state index contributed by atoms with van der Waals surface area (Å²) in [4.78, 5) is 7.87. The predicted octanol–water partition coefficient (Wildman–Crippen LogP) is 6.04. The van der Waals surface area contributed by atoms with Crippen molar-refractivity contribution in [3.63, 3.8) is 0 Å². The van der Waals surface area contributed by atoms with Crippen molar-refractivity contribution in [3.05, 3.63) is 79.7 Å². The molecular formula is C19H15BrClN3S2. The number of hydrogen-bond acceptors (Lipinski definition) is 3. The molecule has 3 heterocycles. The number of rotatable bonds is 3. The van der Waals surface area contributed by atoms with Gasteiger partial charge < -0.3 is 10.2 Å². The van der Waals surface area contributed by atoms with E-state index in [2.05, 4.69) is 62.3 Å². The van der Waals surface area contributed by atoms with Crippen molar-refractivity contribution in [1.82, 2.24) is 10.3 Å². The van der Waals surface area contributed by atoms with E-state index < -0.39 is 0 Å². The van der Waals surface area contributed by atoms with Gasteiger partial charge in [0.25, 0.3) is 0 Å². The highest BCUT2D eigenvalue weighted by Gasteiger charge is 2.41. The Morgan fingerprint density at radius 3 is 2.73 bits per heavy atom. The van der Waals surface area contributed by atoms with Gasteiger partial charge in [0.05, 0.1) is 22.1 Å². The number of thiocarbonyl (C=S) groups is 1. The zero-order chi connectivity index (χ0) is 18.3. The first-order valence-electron chi connectivity index (χ1n) is 8.06. The van der Waals surface area contributed by atoms with E-state index in [0.29, 0.717) is 5.11 Å². The molecule has 2 atom stereocenters. The van der Waals surface area contributed by atoms with E-state index in [4.69, 9.17) is 23.8 Å². The lowest BCUT2D eigenvalue weighted by Crippen LogP contribution is -2.29. The number of aromatic nitrogens is 1. The highest BCUT2D eigenvalue weighted by molar-refractivity contribution is 9.10. The number of thiophene rings is 1. The Labute approximate surface area is 175 Å². The first-order chi connectivity index (χ1) is 12.5. The van der Waals surface area contributed by atoms with Crippen molar-refractivity contribution < 1.29 is 0 Å². The molecule has 0 unspecified atom stereocenters. The van der Waals surface area contributed by atoms with Gasteiger partial charge in [-0.25, -0.2) is 0 Å². The van der Waals surface area contributed by atoms with Gasteiger partial charge in [-0.05, 0) is 67.2 Å². The van der Waals surface area contributed by atoms with Crippen LogP contribution in [0, 0.1) is 6.92 Å². The SMILES string of the molecule is Cc1cc(N2C(=S)N[C@@H](c3ccccn3)[C@@H]2c2ccc(Cl)s2)ccc1Br. The van der Waals surface area contributed by atoms with Crippen LogP contribution in [0.1, 0.15) is 28.2 Å². The van der Waals surface area contributed by atoms with Crippen molar-refractivity contribution in [1.29, 1.82) is 0 Å². The Hall–Kier alpha value is -1.47. The van der Waals surface area contributed by atoms with Gasteiger partial charge >= 0.3 is 0 Å². The third kappa shape index (κ3) is 3.27. The number of nitrogens with zero attached hydrogens (tertiary/aromatic N) is 2. The van der Waals surface area contributed by atoms with Crippen LogP contribution >= 0.6 is 51.1 Å². The van der Waals surface area contributed by atoms with Crippen LogP contribution in [0.4, 0.5) is 5.69 Å². The summed E-state index contributed by atoms with van der Waals surface area (Å²) < 4.78 is 1.85. The molecule has 0 aliphatic carbocycles. The summed E-state index contributed by atoms with van der Waals surface area (Å²) in [6, 6.07) is 16.2. The molecule has 26 heavy (non-hydrogen) atoms. The molecule has 0 bridgehead atoms. The Kier molecular flexibility index (Phi) is 5.01. The van der Waals surface area contributed by atoms with Gasteiger partial charge in [-0.2, -0.15) is 0 Å². The maximum Gasteiger partial charge on any atom is 0.174 e. The lowest BCUT2D eigenvalue weighted by molar-refractivity contribution is 0.575. The number of hydrogen-bond donors (Lipinski definition) is 1. The van der Waals surface area contributed by atoms with Crippen LogP contribution in [-0.2, 0) is 0 Å². The zero-order valence-corrected chi connectivity index (χ0v) is 17.8. The Morgan fingerprint density at radius 2 is 2.08 bits per heavy atom. The average molecular weight is 465 g/mol. The van der Waals surface area contributed by atoms with Crippen molar-refractivity contribution >= 4 is 61.9 Å². The molecule has 4 rings (SSSR count). The summed E-state index contributed by atoms with van der Waals surface area (Å²) in [7, 11) is 0. The van der Waals surface area contributed by atoms with Crippen molar-refractivity contribution in [2.45, 2.75) is 19.0 Å². The van der Waals surface area contributed by atoms with E-state index in [1.54, 1.807) is 11.3 Å². The summed E-state index contributed by atoms with van der Waals surface area (Å²) >= 11 is 17.1. The van der Waals surface area contributed by atoms with Crippen LogP contribution in [0.5, 0.6) is 0 Å². The van der Waals surface area contributed by atoms with Crippen LogP contribution in [0.25, 0.3) is 0 Å². The van der Waals surface area contributed by atoms with Gasteiger partial charge in [-0.15, -0.1) is 11.3 Å². The largest absolute Gasteiger partial charge is 0.351 e. The highest BCUT2D eigenvalue weighted by atomic mass is 79.9. The monoisotopic (exact) mass is 463 g/mol. The van der Waals surface area contributed by atoms with E-state index in [1.165, 1.54) is 0 Å². The Morgan fingerprint density at radius 1 is 1.23 bits per heavy atom. The second kappa shape index (κ2) is 7.27. The molecule has 3 nitrogen and oxygen atoms in total. The lowest BCUT2D eigenvalue weighted by Gasteiger charge is -2.27. The number of aryl methyl sites for hydroxylation is 1. The molecule has 2 aromatic heterocycles. The minimum atomic E-state index is -0.0395. The molecule has 1 aliphatic rings. The molecule has 1 saturated heterocycles. The normalized spacial score (nSPS) is 19.7. The fraction of sp³-hybridized carbons (Fsp3) is 0.158. The van der Waals surface area contributed by atoms with Gasteiger partial charge in [-0.3, -0.25) is 4.98 Å². The first-order valence-corrected chi connectivity index (χ1v) is 10.5. The van der Waals surface area contributed by atoms with Crippen molar-refractivity contribution in [3.8, 4) is 0 Å². The molecule has 0 spiro atoms. The zero-order valence-electron chi connectivity index (χ0n) is 13.8. The summed E-state index contributed by atoms with van der Waals surface area (Å²) in [5, 5.41) is 4.15. The average Bonchev–Trinajstić information content (AvgIpc) is 3.21. The summed E-state index contributed by atoms with van der Waals surface area (Å²) in [5.41, 5.74) is 3.17.